The van der Waals surface area contributed by atoms with E-state index in [4.69, 9.17) is 4.74 Å². The summed E-state index contributed by atoms with van der Waals surface area (Å²) in [6.45, 7) is 4.06. The van der Waals surface area contributed by atoms with Crippen LogP contribution in [0.1, 0.15) is 24.8 Å². The average molecular weight is 537 g/mol. The van der Waals surface area contributed by atoms with Gasteiger partial charge in [-0.3, -0.25) is 33.9 Å². The summed E-state index contributed by atoms with van der Waals surface area (Å²) >= 11 is 0. The number of ether oxygens (including phenoxy) is 1. The van der Waals surface area contributed by atoms with E-state index in [1.807, 2.05) is 30.3 Å². The summed E-state index contributed by atoms with van der Waals surface area (Å²) in [6.07, 6.45) is 1.69. The second kappa shape index (κ2) is 17.4. The van der Waals surface area contributed by atoms with Crippen molar-refractivity contribution in [1.82, 2.24) is 19.6 Å². The van der Waals surface area contributed by atoms with Crippen molar-refractivity contribution >= 4 is 23.9 Å². The van der Waals surface area contributed by atoms with Crippen LogP contribution in [-0.2, 0) is 30.5 Å². The van der Waals surface area contributed by atoms with Crippen LogP contribution in [0.5, 0.6) is 0 Å². The van der Waals surface area contributed by atoms with E-state index in [-0.39, 0.29) is 32.2 Å². The zero-order chi connectivity index (χ0) is 27.8. The highest BCUT2D eigenvalue weighted by Gasteiger charge is 2.20. The van der Waals surface area contributed by atoms with E-state index >= 15 is 0 Å². The molecule has 2 rings (SSSR count). The predicted octanol–water partition coefficient (Wildman–Crippen LogP) is 0.376. The maximum absolute atomic E-state index is 12.1. The third-order valence-corrected chi connectivity index (χ3v) is 6.35. The fraction of sp³-hybridized carbons (Fsp3) is 0.615. The van der Waals surface area contributed by atoms with E-state index in [2.05, 4.69) is 4.90 Å². The molecule has 0 amide bonds. The zero-order valence-corrected chi connectivity index (χ0v) is 21.9. The molecule has 1 fully saturated rings. The van der Waals surface area contributed by atoms with Crippen LogP contribution < -0.4 is 0 Å². The van der Waals surface area contributed by atoms with E-state index in [0.717, 1.165) is 12.0 Å². The Morgan fingerprint density at radius 1 is 0.632 bits per heavy atom. The summed E-state index contributed by atoms with van der Waals surface area (Å²) in [7, 11) is 0. The SMILES string of the molecule is O=C(O)CN1CCN(CCCCC(=O)OCc2ccccc2)CCN(CC(=O)O)CCN(CC(=O)O)CC1. The summed E-state index contributed by atoms with van der Waals surface area (Å²) in [4.78, 5) is 53.6. The van der Waals surface area contributed by atoms with Crippen LogP contribution in [0.25, 0.3) is 0 Å². The van der Waals surface area contributed by atoms with Gasteiger partial charge in [-0.2, -0.15) is 0 Å². The molecule has 1 heterocycles. The Balaban J connectivity index is 1.91. The summed E-state index contributed by atoms with van der Waals surface area (Å²) < 4.78 is 5.33. The first-order chi connectivity index (χ1) is 18.2. The summed E-state index contributed by atoms with van der Waals surface area (Å²) in [5.41, 5.74) is 0.933. The van der Waals surface area contributed by atoms with Gasteiger partial charge in [0.15, 0.2) is 0 Å². The molecule has 0 aliphatic carbocycles. The van der Waals surface area contributed by atoms with Gasteiger partial charge in [-0.05, 0) is 24.9 Å². The highest BCUT2D eigenvalue weighted by Crippen LogP contribution is 2.07. The van der Waals surface area contributed by atoms with Crippen LogP contribution in [0.4, 0.5) is 0 Å². The molecule has 1 aliphatic rings. The van der Waals surface area contributed by atoms with Crippen molar-refractivity contribution in [2.24, 2.45) is 0 Å². The van der Waals surface area contributed by atoms with Gasteiger partial charge in [-0.25, -0.2) is 0 Å². The lowest BCUT2D eigenvalue weighted by Crippen LogP contribution is -2.48. The lowest BCUT2D eigenvalue weighted by Gasteiger charge is -2.33. The van der Waals surface area contributed by atoms with Crippen molar-refractivity contribution in [2.75, 3.05) is 78.5 Å². The van der Waals surface area contributed by atoms with E-state index in [1.165, 1.54) is 0 Å². The van der Waals surface area contributed by atoms with E-state index in [9.17, 15) is 34.5 Å². The topological polar surface area (TPSA) is 151 Å². The van der Waals surface area contributed by atoms with Crippen molar-refractivity contribution in [3.8, 4) is 0 Å². The number of carbonyl (C=O) groups excluding carboxylic acids is 1. The van der Waals surface area contributed by atoms with Gasteiger partial charge >= 0.3 is 23.9 Å². The van der Waals surface area contributed by atoms with Crippen molar-refractivity contribution < 1.29 is 39.2 Å². The molecule has 1 aromatic carbocycles. The van der Waals surface area contributed by atoms with Gasteiger partial charge in [0.1, 0.15) is 6.61 Å². The van der Waals surface area contributed by atoms with Crippen molar-refractivity contribution in [3.63, 3.8) is 0 Å². The van der Waals surface area contributed by atoms with Gasteiger partial charge in [0, 0.05) is 58.8 Å². The molecule has 0 saturated carbocycles. The molecule has 0 atom stereocenters. The Kier molecular flexibility index (Phi) is 14.3. The summed E-state index contributed by atoms with van der Waals surface area (Å²) in [6, 6.07) is 9.48. The van der Waals surface area contributed by atoms with Gasteiger partial charge in [0.05, 0.1) is 19.6 Å². The Morgan fingerprint density at radius 2 is 1.05 bits per heavy atom. The quantitative estimate of drug-likeness (QED) is 0.236. The molecule has 0 aromatic heterocycles. The van der Waals surface area contributed by atoms with Crippen LogP contribution in [0.2, 0.25) is 0 Å². The first-order valence-corrected chi connectivity index (χ1v) is 13.0. The van der Waals surface area contributed by atoms with Crippen molar-refractivity contribution in [2.45, 2.75) is 25.9 Å². The minimum absolute atomic E-state index is 0.146. The first-order valence-electron chi connectivity index (χ1n) is 13.0. The third kappa shape index (κ3) is 14.0. The smallest absolute Gasteiger partial charge is 0.317 e. The monoisotopic (exact) mass is 536 g/mol. The second-order valence-corrected chi connectivity index (χ2v) is 9.45. The summed E-state index contributed by atoms with van der Waals surface area (Å²) in [5.74, 6) is -3.14. The molecule has 1 aliphatic heterocycles. The Hall–Kier alpha value is -3.06. The van der Waals surface area contributed by atoms with Crippen LogP contribution in [-0.4, -0.2) is 137 Å². The minimum atomic E-state index is -0.984. The second-order valence-electron chi connectivity index (χ2n) is 9.45. The molecular weight excluding hydrogens is 496 g/mol. The van der Waals surface area contributed by atoms with Gasteiger partial charge < -0.3 is 25.0 Å². The molecule has 212 valence electrons. The standard InChI is InChI=1S/C26H40N4O8/c31-23(32)18-28-12-10-27(9-5-4-8-26(37)38-21-22-6-2-1-3-7-22)11-13-29(19-24(33)34)15-17-30(16-14-28)20-25(35)36/h1-3,6-7H,4-5,8-21H2,(H,31,32)(H,33,34)(H,35,36). The number of hydrogen-bond donors (Lipinski definition) is 3. The van der Waals surface area contributed by atoms with Crippen molar-refractivity contribution in [3.05, 3.63) is 35.9 Å². The number of carboxylic acids is 3. The number of unbranched alkanes of at least 4 members (excludes halogenated alkanes) is 1. The fourth-order valence-corrected chi connectivity index (χ4v) is 4.27. The molecular formula is C26H40N4O8. The molecule has 38 heavy (non-hydrogen) atoms. The van der Waals surface area contributed by atoms with Gasteiger partial charge in [-0.1, -0.05) is 30.3 Å². The van der Waals surface area contributed by atoms with Gasteiger partial charge in [0.2, 0.25) is 0 Å². The molecule has 0 radical (unpaired) electrons. The van der Waals surface area contributed by atoms with Gasteiger partial charge in [0.25, 0.3) is 0 Å². The first kappa shape index (κ1) is 31.2. The number of carbonyl (C=O) groups is 4. The number of hydrogen-bond acceptors (Lipinski definition) is 9. The molecule has 3 N–H and O–H groups in total. The third-order valence-electron chi connectivity index (χ3n) is 6.35. The van der Waals surface area contributed by atoms with E-state index in [1.54, 1.807) is 14.7 Å². The number of aliphatic carboxylic acids is 3. The lowest BCUT2D eigenvalue weighted by atomic mass is 10.2. The lowest BCUT2D eigenvalue weighted by molar-refractivity contribution is -0.145. The number of nitrogens with zero attached hydrogens (tertiary/aromatic N) is 4. The maximum Gasteiger partial charge on any atom is 0.317 e. The molecule has 0 bridgehead atoms. The van der Waals surface area contributed by atoms with Crippen LogP contribution >= 0.6 is 0 Å². The normalized spacial score (nSPS) is 17.3. The molecule has 0 unspecified atom stereocenters. The van der Waals surface area contributed by atoms with E-state index in [0.29, 0.717) is 71.7 Å². The highest BCUT2D eigenvalue weighted by atomic mass is 16.5. The molecule has 1 saturated heterocycles. The Morgan fingerprint density at radius 3 is 1.47 bits per heavy atom. The molecule has 12 nitrogen and oxygen atoms in total. The number of esters is 1. The maximum atomic E-state index is 12.1. The Labute approximate surface area is 223 Å². The highest BCUT2D eigenvalue weighted by molar-refractivity contribution is 5.70. The molecule has 0 spiro atoms. The zero-order valence-electron chi connectivity index (χ0n) is 21.9. The fourth-order valence-electron chi connectivity index (χ4n) is 4.27. The van der Waals surface area contributed by atoms with Crippen molar-refractivity contribution in [1.29, 1.82) is 0 Å². The predicted molar refractivity (Wildman–Crippen MR) is 139 cm³/mol. The number of rotatable bonds is 13. The van der Waals surface area contributed by atoms with Crippen LogP contribution in [0.15, 0.2) is 30.3 Å². The summed E-state index contributed by atoms with van der Waals surface area (Å²) in [5, 5.41) is 27.9. The number of benzene rings is 1. The van der Waals surface area contributed by atoms with E-state index < -0.39 is 17.9 Å². The Bertz CT molecular complexity index is 853. The van der Waals surface area contributed by atoms with Crippen LogP contribution in [0, 0.1) is 0 Å². The molecule has 12 heteroatoms. The van der Waals surface area contributed by atoms with Crippen LogP contribution in [0.3, 0.4) is 0 Å². The largest absolute Gasteiger partial charge is 0.480 e. The number of carboxylic acid groups (broad SMARTS) is 3. The van der Waals surface area contributed by atoms with Gasteiger partial charge in [-0.15, -0.1) is 0 Å². The average Bonchev–Trinajstić information content (AvgIpc) is 2.86. The minimum Gasteiger partial charge on any atom is -0.480 e. The molecule has 1 aromatic rings.